The molecule has 1 fully saturated rings. The van der Waals surface area contributed by atoms with Crippen LogP contribution in [0, 0.1) is 5.92 Å². The molecule has 6 heterocycles. The van der Waals surface area contributed by atoms with Gasteiger partial charge >= 0.3 is 0 Å². The Morgan fingerprint density at radius 2 is 1.93 bits per heavy atom. The van der Waals surface area contributed by atoms with Gasteiger partial charge in [0.15, 0.2) is 17.2 Å². The van der Waals surface area contributed by atoms with E-state index in [-0.39, 0.29) is 0 Å². The number of hydrogen-bond donors (Lipinski definition) is 3. The molecule has 7 rings (SSSR count). The van der Waals surface area contributed by atoms with Crippen LogP contribution in [0.1, 0.15) is 37.5 Å². The first-order valence-electron chi connectivity index (χ1n) is 13.4. The number of hydrogen-bond acceptors (Lipinski definition) is 7. The Balaban J connectivity index is 1.24. The Morgan fingerprint density at radius 1 is 1.05 bits per heavy atom. The van der Waals surface area contributed by atoms with Crippen LogP contribution in [-0.4, -0.2) is 35.1 Å². The number of aromatic amines is 2. The Morgan fingerprint density at radius 3 is 2.75 bits per heavy atom. The van der Waals surface area contributed by atoms with Gasteiger partial charge < -0.3 is 10.3 Å². The minimum Gasteiger partial charge on any atom is -0.358 e. The van der Waals surface area contributed by atoms with E-state index >= 15 is 0 Å². The highest BCUT2D eigenvalue weighted by atomic mass is 32.1. The molecule has 0 amide bonds. The third-order valence-electron chi connectivity index (χ3n) is 7.50. The van der Waals surface area contributed by atoms with Crippen LogP contribution in [0.3, 0.4) is 0 Å². The Bertz CT molecular complexity index is 1900. The smallest absolute Gasteiger partial charge is 0.178 e. The number of imidazole rings is 1. The summed E-state index contributed by atoms with van der Waals surface area (Å²) in [6.07, 6.45) is 10.4. The molecule has 0 bridgehead atoms. The van der Waals surface area contributed by atoms with Crippen molar-refractivity contribution in [1.29, 1.82) is 0 Å². The number of thiophene rings is 1. The van der Waals surface area contributed by atoms with Crippen molar-refractivity contribution in [3.05, 3.63) is 78.7 Å². The summed E-state index contributed by atoms with van der Waals surface area (Å²) in [6.45, 7) is 10.4. The van der Waals surface area contributed by atoms with Crippen molar-refractivity contribution in [3.63, 3.8) is 0 Å². The summed E-state index contributed by atoms with van der Waals surface area (Å²) in [5.74, 6) is 1.14. The summed E-state index contributed by atoms with van der Waals surface area (Å²) < 4.78 is 0. The van der Waals surface area contributed by atoms with Crippen molar-refractivity contribution < 1.29 is 0 Å². The lowest BCUT2D eigenvalue weighted by atomic mass is 10.0. The lowest BCUT2D eigenvalue weighted by Gasteiger charge is -2.15. The van der Waals surface area contributed by atoms with Crippen LogP contribution in [0.5, 0.6) is 0 Å². The van der Waals surface area contributed by atoms with Crippen molar-refractivity contribution in [1.82, 2.24) is 35.1 Å². The van der Waals surface area contributed by atoms with Gasteiger partial charge in [0.25, 0.3) is 0 Å². The lowest BCUT2D eigenvalue weighted by Crippen LogP contribution is -2.07. The molecule has 1 aliphatic carbocycles. The van der Waals surface area contributed by atoms with E-state index in [1.165, 1.54) is 25.7 Å². The van der Waals surface area contributed by atoms with Gasteiger partial charge in [-0.25, -0.2) is 15.0 Å². The van der Waals surface area contributed by atoms with Crippen LogP contribution >= 0.6 is 11.3 Å². The first-order valence-corrected chi connectivity index (χ1v) is 14.2. The van der Waals surface area contributed by atoms with Gasteiger partial charge in [-0.15, -0.1) is 11.3 Å². The van der Waals surface area contributed by atoms with Crippen LogP contribution in [0.15, 0.2) is 73.8 Å². The molecule has 9 heteroatoms. The second kappa shape index (κ2) is 9.84. The molecule has 0 radical (unpaired) electrons. The monoisotopic (exact) mass is 544 g/mol. The highest BCUT2D eigenvalue weighted by Crippen LogP contribution is 2.36. The lowest BCUT2D eigenvalue weighted by molar-refractivity contribution is 0.649. The summed E-state index contributed by atoms with van der Waals surface area (Å²) in [5, 5.41) is 11.1. The van der Waals surface area contributed by atoms with E-state index in [0.29, 0.717) is 23.1 Å². The molecule has 0 spiro atoms. The van der Waals surface area contributed by atoms with Gasteiger partial charge in [0.05, 0.1) is 28.6 Å². The molecular formula is C31H28N8S. The van der Waals surface area contributed by atoms with Gasteiger partial charge in [0.1, 0.15) is 5.52 Å². The number of fused-ring (bicyclic) bond motifs is 2. The van der Waals surface area contributed by atoms with Gasteiger partial charge in [-0.2, -0.15) is 5.10 Å². The van der Waals surface area contributed by atoms with E-state index < -0.39 is 0 Å². The quantitative estimate of drug-likeness (QED) is 0.189. The molecule has 0 unspecified atom stereocenters. The number of pyridine rings is 3. The Labute approximate surface area is 235 Å². The summed E-state index contributed by atoms with van der Waals surface area (Å²) in [4.78, 5) is 24.5. The van der Waals surface area contributed by atoms with E-state index in [0.717, 1.165) is 60.1 Å². The highest BCUT2D eigenvalue weighted by Gasteiger charge is 2.20. The zero-order chi connectivity index (χ0) is 27.2. The molecule has 1 aliphatic rings. The number of allylic oxidation sites excluding steroid dienone is 2. The highest BCUT2D eigenvalue weighted by molar-refractivity contribution is 7.16. The normalized spacial score (nSPS) is 13.8. The first kappa shape index (κ1) is 24.4. The average Bonchev–Trinajstić information content (AvgIpc) is 3.78. The maximum absolute atomic E-state index is 4.98. The summed E-state index contributed by atoms with van der Waals surface area (Å²) >= 11 is 1.70. The van der Waals surface area contributed by atoms with Gasteiger partial charge in [-0.1, -0.05) is 26.0 Å². The summed E-state index contributed by atoms with van der Waals surface area (Å²) in [7, 11) is 0. The van der Waals surface area contributed by atoms with Crippen molar-refractivity contribution >= 4 is 44.8 Å². The molecule has 0 atom stereocenters. The van der Waals surface area contributed by atoms with Crippen molar-refractivity contribution in [2.24, 2.45) is 5.92 Å². The van der Waals surface area contributed by atoms with Crippen LogP contribution in [0.25, 0.3) is 61.0 Å². The molecule has 3 N–H and O–H groups in total. The molecular weight excluding hydrogens is 516 g/mol. The maximum Gasteiger partial charge on any atom is 0.178 e. The molecule has 8 nitrogen and oxygen atoms in total. The van der Waals surface area contributed by atoms with E-state index in [1.807, 2.05) is 37.5 Å². The van der Waals surface area contributed by atoms with Gasteiger partial charge in [-0.05, 0) is 67.7 Å². The van der Waals surface area contributed by atoms with Gasteiger partial charge in [0, 0.05) is 39.0 Å². The SMILES string of the molecule is C=C(C)c1ccc(-c2ccnc3nc(-c4n[nH]c5ccc(-c6cncc(NC(=C)C7CCCC7)c6)nc45)[nH]c23)s1. The largest absolute Gasteiger partial charge is 0.358 e. The molecule has 40 heavy (non-hydrogen) atoms. The zero-order valence-electron chi connectivity index (χ0n) is 22.2. The molecule has 6 aromatic rings. The number of rotatable bonds is 7. The van der Waals surface area contributed by atoms with E-state index in [1.54, 1.807) is 17.5 Å². The number of nitrogens with one attached hydrogen (secondary N) is 3. The third-order valence-corrected chi connectivity index (χ3v) is 8.78. The number of anilines is 1. The molecule has 0 aromatic carbocycles. The minimum atomic E-state index is 0.526. The molecule has 1 saturated carbocycles. The minimum absolute atomic E-state index is 0.526. The molecule has 0 saturated heterocycles. The molecule has 0 aliphatic heterocycles. The van der Waals surface area contributed by atoms with E-state index in [4.69, 9.17) is 9.97 Å². The number of aromatic nitrogens is 7. The van der Waals surface area contributed by atoms with E-state index in [2.05, 4.69) is 61.8 Å². The Kier molecular flexibility index (Phi) is 6.00. The fourth-order valence-electron chi connectivity index (χ4n) is 5.38. The first-order chi connectivity index (χ1) is 19.5. The summed E-state index contributed by atoms with van der Waals surface area (Å²) in [5.41, 5.74) is 9.50. The fraction of sp³-hybridized carbons (Fsp3) is 0.194. The van der Waals surface area contributed by atoms with Crippen LogP contribution < -0.4 is 5.32 Å². The topological polar surface area (TPSA) is 108 Å². The zero-order valence-corrected chi connectivity index (χ0v) is 23.0. The Hall–Kier alpha value is -4.63. The second-order valence-electron chi connectivity index (χ2n) is 10.3. The number of H-pyrrole nitrogens is 2. The second-order valence-corrected chi connectivity index (χ2v) is 11.4. The van der Waals surface area contributed by atoms with E-state index in [9.17, 15) is 0 Å². The molecule has 198 valence electrons. The van der Waals surface area contributed by atoms with Gasteiger partial charge in [0.2, 0.25) is 0 Å². The van der Waals surface area contributed by atoms with Crippen molar-refractivity contribution in [3.8, 4) is 33.2 Å². The third kappa shape index (κ3) is 4.38. The predicted molar refractivity (Wildman–Crippen MR) is 163 cm³/mol. The molecule has 6 aromatic heterocycles. The van der Waals surface area contributed by atoms with Crippen LogP contribution in [0.4, 0.5) is 5.69 Å². The standard InChI is InChI=1S/C31H28N8S/c1-17(2)25-10-11-26(40-25)22-12-13-33-30-27(22)36-31(37-30)29-28-24(38-39-29)9-8-23(35-28)20-14-21(16-32-15-20)34-18(3)19-6-4-5-7-19/h8-16,19,34H,1,3-7H2,2H3,(H,38,39)(H,33,36,37). The summed E-state index contributed by atoms with van der Waals surface area (Å²) in [6, 6.07) is 12.3. The predicted octanol–water partition coefficient (Wildman–Crippen LogP) is 7.84. The van der Waals surface area contributed by atoms with Gasteiger partial charge in [-0.3, -0.25) is 10.1 Å². The van der Waals surface area contributed by atoms with Crippen molar-refractivity contribution in [2.75, 3.05) is 5.32 Å². The van der Waals surface area contributed by atoms with Crippen molar-refractivity contribution in [2.45, 2.75) is 32.6 Å². The average molecular weight is 545 g/mol. The number of nitrogens with zero attached hydrogens (tertiary/aromatic N) is 5. The van der Waals surface area contributed by atoms with Crippen LogP contribution in [0.2, 0.25) is 0 Å². The fourth-order valence-corrected chi connectivity index (χ4v) is 6.34. The maximum atomic E-state index is 4.98. The van der Waals surface area contributed by atoms with Crippen LogP contribution in [-0.2, 0) is 0 Å².